The number of halogens is 2. The highest BCUT2D eigenvalue weighted by atomic mass is 19.3. The van der Waals surface area contributed by atoms with Gasteiger partial charge in [0.15, 0.2) is 11.5 Å². The van der Waals surface area contributed by atoms with Crippen LogP contribution in [0.25, 0.3) is 0 Å². The lowest BCUT2D eigenvalue weighted by molar-refractivity contribution is -0.0629. The van der Waals surface area contributed by atoms with Crippen molar-refractivity contribution in [2.75, 3.05) is 20.3 Å². The van der Waals surface area contributed by atoms with Crippen LogP contribution in [0.2, 0.25) is 0 Å². The first-order valence-electron chi connectivity index (χ1n) is 6.99. The van der Waals surface area contributed by atoms with E-state index in [1.54, 1.807) is 18.2 Å². The van der Waals surface area contributed by atoms with Crippen LogP contribution < -0.4 is 9.47 Å². The second-order valence-corrected chi connectivity index (χ2v) is 5.11. The highest BCUT2D eigenvalue weighted by Crippen LogP contribution is 2.34. The smallest absolute Gasteiger partial charge is 0.387 e. The minimum absolute atomic E-state index is 0.112. The molecule has 21 heavy (non-hydrogen) atoms. The maximum absolute atomic E-state index is 12.6. The maximum Gasteiger partial charge on any atom is 0.387 e. The van der Waals surface area contributed by atoms with Crippen molar-refractivity contribution < 1.29 is 23.0 Å². The standard InChI is InChI=1S/C15H21F2NO3/c1-10-11(2)20-8-7-18(10)9-12-5-4-6-13(19-3)14(12)21-15(16)17/h4-6,10-11,15H,7-9H2,1-3H3. The summed E-state index contributed by atoms with van der Waals surface area (Å²) in [5.74, 6) is 0.433. The first-order valence-corrected chi connectivity index (χ1v) is 6.99. The molecule has 1 aliphatic rings. The van der Waals surface area contributed by atoms with Crippen molar-refractivity contribution in [2.24, 2.45) is 0 Å². The van der Waals surface area contributed by atoms with E-state index in [-0.39, 0.29) is 17.9 Å². The number of morpholine rings is 1. The molecule has 2 unspecified atom stereocenters. The highest BCUT2D eigenvalue weighted by Gasteiger charge is 2.27. The minimum atomic E-state index is -2.87. The Hall–Kier alpha value is -1.40. The molecule has 1 aromatic rings. The molecular weight excluding hydrogens is 280 g/mol. The molecule has 0 amide bonds. The Morgan fingerprint density at radius 2 is 2.14 bits per heavy atom. The van der Waals surface area contributed by atoms with E-state index in [1.807, 2.05) is 6.92 Å². The number of hydrogen-bond donors (Lipinski definition) is 0. The third-order valence-corrected chi connectivity index (χ3v) is 3.88. The van der Waals surface area contributed by atoms with Gasteiger partial charge >= 0.3 is 6.61 Å². The van der Waals surface area contributed by atoms with Gasteiger partial charge in [-0.3, -0.25) is 4.90 Å². The summed E-state index contributed by atoms with van der Waals surface area (Å²) in [5, 5.41) is 0. The number of benzene rings is 1. The van der Waals surface area contributed by atoms with Gasteiger partial charge in [0.1, 0.15) is 0 Å². The van der Waals surface area contributed by atoms with Crippen molar-refractivity contribution in [2.45, 2.75) is 39.1 Å². The summed E-state index contributed by atoms with van der Waals surface area (Å²) in [4.78, 5) is 2.20. The Kier molecular flexibility index (Phi) is 5.36. The lowest BCUT2D eigenvalue weighted by Gasteiger charge is -2.38. The summed E-state index contributed by atoms with van der Waals surface area (Å²) >= 11 is 0. The summed E-state index contributed by atoms with van der Waals surface area (Å²) in [5.41, 5.74) is 0.690. The van der Waals surface area contributed by atoms with Crippen LogP contribution in [0, 0.1) is 0 Å². The van der Waals surface area contributed by atoms with Gasteiger partial charge in [-0.15, -0.1) is 0 Å². The van der Waals surface area contributed by atoms with E-state index in [9.17, 15) is 8.78 Å². The Balaban J connectivity index is 2.22. The van der Waals surface area contributed by atoms with Crippen LogP contribution >= 0.6 is 0 Å². The molecule has 4 nitrogen and oxygen atoms in total. The van der Waals surface area contributed by atoms with Gasteiger partial charge in [-0.2, -0.15) is 8.78 Å². The zero-order chi connectivity index (χ0) is 15.4. The fourth-order valence-electron chi connectivity index (χ4n) is 2.51. The van der Waals surface area contributed by atoms with Gasteiger partial charge in [-0.05, 0) is 19.9 Å². The molecule has 0 bridgehead atoms. The molecule has 0 N–H and O–H groups in total. The van der Waals surface area contributed by atoms with E-state index in [1.165, 1.54) is 7.11 Å². The molecule has 2 rings (SSSR count). The monoisotopic (exact) mass is 301 g/mol. The predicted octanol–water partition coefficient (Wildman–Crippen LogP) is 2.91. The number of para-hydroxylation sites is 1. The summed E-state index contributed by atoms with van der Waals surface area (Å²) in [6.45, 7) is 3.13. The SMILES string of the molecule is COc1cccc(CN2CCOC(C)C2C)c1OC(F)F. The van der Waals surface area contributed by atoms with Crippen LogP contribution in [0.15, 0.2) is 18.2 Å². The largest absolute Gasteiger partial charge is 0.493 e. The van der Waals surface area contributed by atoms with Gasteiger partial charge in [-0.25, -0.2) is 0 Å². The van der Waals surface area contributed by atoms with E-state index < -0.39 is 6.61 Å². The van der Waals surface area contributed by atoms with Gasteiger partial charge in [-0.1, -0.05) is 12.1 Å². The second kappa shape index (κ2) is 7.04. The fourth-order valence-corrected chi connectivity index (χ4v) is 2.51. The number of hydrogen-bond acceptors (Lipinski definition) is 4. The zero-order valence-electron chi connectivity index (χ0n) is 12.5. The van der Waals surface area contributed by atoms with Gasteiger partial charge < -0.3 is 14.2 Å². The van der Waals surface area contributed by atoms with Crippen molar-refractivity contribution in [3.63, 3.8) is 0 Å². The van der Waals surface area contributed by atoms with Crippen LogP contribution in [-0.2, 0) is 11.3 Å². The number of alkyl halides is 2. The summed E-state index contributed by atoms with van der Waals surface area (Å²) < 4.78 is 40.6. The molecule has 0 spiro atoms. The second-order valence-electron chi connectivity index (χ2n) is 5.11. The third-order valence-electron chi connectivity index (χ3n) is 3.88. The van der Waals surface area contributed by atoms with Crippen molar-refractivity contribution in [1.82, 2.24) is 4.90 Å². The van der Waals surface area contributed by atoms with Crippen LogP contribution in [0.4, 0.5) is 8.78 Å². The van der Waals surface area contributed by atoms with Crippen molar-refractivity contribution >= 4 is 0 Å². The number of nitrogens with zero attached hydrogens (tertiary/aromatic N) is 1. The molecule has 6 heteroatoms. The molecule has 0 aliphatic carbocycles. The molecule has 0 saturated carbocycles. The van der Waals surface area contributed by atoms with Crippen molar-refractivity contribution in [3.8, 4) is 11.5 Å². The lowest BCUT2D eigenvalue weighted by Crippen LogP contribution is -2.47. The molecule has 118 valence electrons. The topological polar surface area (TPSA) is 30.9 Å². The lowest BCUT2D eigenvalue weighted by atomic mass is 10.1. The van der Waals surface area contributed by atoms with Gasteiger partial charge in [0.2, 0.25) is 0 Å². The number of methoxy groups -OCH3 is 1. The number of ether oxygens (including phenoxy) is 3. The Bertz CT molecular complexity index is 470. The van der Waals surface area contributed by atoms with Crippen LogP contribution in [0.3, 0.4) is 0 Å². The molecule has 1 heterocycles. The fraction of sp³-hybridized carbons (Fsp3) is 0.600. The van der Waals surface area contributed by atoms with E-state index in [0.29, 0.717) is 24.5 Å². The minimum Gasteiger partial charge on any atom is -0.493 e. The van der Waals surface area contributed by atoms with Crippen molar-refractivity contribution in [1.29, 1.82) is 0 Å². The van der Waals surface area contributed by atoms with Gasteiger partial charge in [0.05, 0.1) is 19.8 Å². The average Bonchev–Trinajstić information content (AvgIpc) is 2.45. The van der Waals surface area contributed by atoms with Crippen LogP contribution in [-0.4, -0.2) is 43.9 Å². The quantitative estimate of drug-likeness (QED) is 0.837. The Labute approximate surface area is 123 Å². The zero-order valence-corrected chi connectivity index (χ0v) is 12.5. The molecule has 0 aromatic heterocycles. The van der Waals surface area contributed by atoms with Crippen molar-refractivity contribution in [3.05, 3.63) is 23.8 Å². The molecule has 2 atom stereocenters. The summed E-state index contributed by atoms with van der Waals surface area (Å²) in [7, 11) is 1.44. The van der Waals surface area contributed by atoms with E-state index in [0.717, 1.165) is 6.54 Å². The highest BCUT2D eigenvalue weighted by molar-refractivity contribution is 5.46. The molecule has 1 saturated heterocycles. The summed E-state index contributed by atoms with van der Waals surface area (Å²) in [6, 6.07) is 5.39. The molecule has 0 radical (unpaired) electrons. The number of rotatable bonds is 5. The first-order chi connectivity index (χ1) is 10.0. The predicted molar refractivity (Wildman–Crippen MR) is 74.9 cm³/mol. The van der Waals surface area contributed by atoms with Gasteiger partial charge in [0, 0.05) is 24.7 Å². The first kappa shape index (κ1) is 16.0. The van der Waals surface area contributed by atoms with Crippen LogP contribution in [0.1, 0.15) is 19.4 Å². The molecule has 1 aliphatic heterocycles. The third kappa shape index (κ3) is 3.83. The van der Waals surface area contributed by atoms with E-state index in [2.05, 4.69) is 16.6 Å². The maximum atomic E-state index is 12.6. The normalized spacial score (nSPS) is 23.3. The molecule has 1 fully saturated rings. The van der Waals surface area contributed by atoms with Crippen LogP contribution in [0.5, 0.6) is 11.5 Å². The average molecular weight is 301 g/mol. The van der Waals surface area contributed by atoms with E-state index >= 15 is 0 Å². The summed E-state index contributed by atoms with van der Waals surface area (Å²) in [6.07, 6.45) is 0.115. The molecule has 1 aromatic carbocycles. The Morgan fingerprint density at radius 1 is 1.38 bits per heavy atom. The van der Waals surface area contributed by atoms with E-state index in [4.69, 9.17) is 9.47 Å². The molecular formula is C15H21F2NO3. The van der Waals surface area contributed by atoms with Gasteiger partial charge in [0.25, 0.3) is 0 Å². The Morgan fingerprint density at radius 3 is 2.81 bits per heavy atom.